The maximum absolute atomic E-state index is 13.0. The molecule has 0 radical (unpaired) electrons. The maximum Gasteiger partial charge on any atom is 0.421 e. The highest BCUT2D eigenvalue weighted by Crippen LogP contribution is 2.35. The number of nitrogens with one attached hydrogen (secondary N) is 1. The minimum atomic E-state index is -4.55. The number of amides is 1. The van der Waals surface area contributed by atoms with Crippen LogP contribution in [0.4, 0.5) is 13.2 Å². The van der Waals surface area contributed by atoms with Gasteiger partial charge in [-0.05, 0) is 50.7 Å². The normalized spacial score (nSPS) is 24.2. The fraction of sp³-hybridized carbons (Fsp3) is 0.667. The van der Waals surface area contributed by atoms with Gasteiger partial charge in [-0.3, -0.25) is 4.79 Å². The van der Waals surface area contributed by atoms with E-state index in [9.17, 15) is 18.0 Å². The summed E-state index contributed by atoms with van der Waals surface area (Å²) in [5.41, 5.74) is -1.90. The second kappa shape index (κ2) is 7.22. The van der Waals surface area contributed by atoms with Gasteiger partial charge in [0.05, 0.1) is 5.41 Å². The summed E-state index contributed by atoms with van der Waals surface area (Å²) in [6.07, 6.45) is -1.48. The standard InChI is InChI=1S/C18H25F3N2O2/c1-11-8-13(9-12(11)2)23-16(24)17(3,4)10-25-15-14(18(19,20)21)6-5-7-22-15/h5-7,11-13H,8-10H2,1-4H3,(H,23,24)/t11-,12?,13?/m1/s1. The Hall–Kier alpha value is -1.79. The smallest absolute Gasteiger partial charge is 0.421 e. The molecule has 1 heterocycles. The molecule has 1 aromatic rings. The molecule has 4 nitrogen and oxygen atoms in total. The molecule has 3 atom stereocenters. The van der Waals surface area contributed by atoms with Gasteiger partial charge in [0.2, 0.25) is 11.8 Å². The largest absolute Gasteiger partial charge is 0.476 e. The van der Waals surface area contributed by atoms with Crippen molar-refractivity contribution < 1.29 is 22.7 Å². The monoisotopic (exact) mass is 358 g/mol. The number of pyridine rings is 1. The fourth-order valence-electron chi connectivity index (χ4n) is 2.99. The van der Waals surface area contributed by atoms with E-state index in [1.807, 2.05) is 0 Å². The van der Waals surface area contributed by atoms with E-state index in [4.69, 9.17) is 4.74 Å². The Morgan fingerprint density at radius 2 is 1.88 bits per heavy atom. The van der Waals surface area contributed by atoms with Crippen molar-refractivity contribution in [3.05, 3.63) is 23.9 Å². The zero-order valence-corrected chi connectivity index (χ0v) is 15.0. The number of ether oxygens (including phenoxy) is 1. The summed E-state index contributed by atoms with van der Waals surface area (Å²) in [6, 6.07) is 2.23. The SMILES string of the molecule is CC1CC(NC(=O)C(C)(C)COc2ncccc2C(F)(F)F)C[C@H]1C. The lowest BCUT2D eigenvalue weighted by Gasteiger charge is -2.26. The van der Waals surface area contributed by atoms with Crippen molar-refractivity contribution in [2.45, 2.75) is 52.8 Å². The van der Waals surface area contributed by atoms with E-state index in [-0.39, 0.29) is 18.6 Å². The zero-order chi connectivity index (χ0) is 18.8. The van der Waals surface area contributed by atoms with Gasteiger partial charge >= 0.3 is 6.18 Å². The molecule has 2 unspecified atom stereocenters. The van der Waals surface area contributed by atoms with E-state index in [1.165, 1.54) is 12.3 Å². The molecule has 0 spiro atoms. The number of aromatic nitrogens is 1. The van der Waals surface area contributed by atoms with Gasteiger partial charge in [-0.15, -0.1) is 0 Å². The minimum absolute atomic E-state index is 0.109. The summed E-state index contributed by atoms with van der Waals surface area (Å²) in [6.45, 7) is 7.44. The van der Waals surface area contributed by atoms with Crippen molar-refractivity contribution in [3.8, 4) is 5.88 Å². The van der Waals surface area contributed by atoms with Crippen molar-refractivity contribution in [2.24, 2.45) is 17.3 Å². The quantitative estimate of drug-likeness (QED) is 0.864. The second-order valence-corrected chi connectivity index (χ2v) is 7.62. The maximum atomic E-state index is 13.0. The van der Waals surface area contributed by atoms with Crippen LogP contribution in [0.3, 0.4) is 0 Å². The van der Waals surface area contributed by atoms with Crippen molar-refractivity contribution in [3.63, 3.8) is 0 Å². The van der Waals surface area contributed by atoms with Gasteiger partial charge in [-0.25, -0.2) is 4.98 Å². The van der Waals surface area contributed by atoms with Crippen LogP contribution in [0.25, 0.3) is 0 Å². The average Bonchev–Trinajstić information content (AvgIpc) is 2.82. The van der Waals surface area contributed by atoms with E-state index < -0.39 is 23.0 Å². The first kappa shape index (κ1) is 19.5. The number of rotatable bonds is 5. The highest BCUT2D eigenvalue weighted by Gasteiger charge is 2.37. The zero-order valence-electron chi connectivity index (χ0n) is 15.0. The number of halogens is 3. The van der Waals surface area contributed by atoms with Crippen LogP contribution in [0.5, 0.6) is 5.88 Å². The van der Waals surface area contributed by atoms with Gasteiger partial charge in [0.15, 0.2) is 0 Å². The molecule has 1 aliphatic carbocycles. The number of hydrogen-bond acceptors (Lipinski definition) is 3. The molecule has 0 saturated heterocycles. The topological polar surface area (TPSA) is 51.2 Å². The Morgan fingerprint density at radius 1 is 1.28 bits per heavy atom. The van der Waals surface area contributed by atoms with Gasteiger partial charge in [0.25, 0.3) is 0 Å². The summed E-state index contributed by atoms with van der Waals surface area (Å²) in [5, 5.41) is 3.00. The molecular formula is C18H25F3N2O2. The molecule has 1 aromatic heterocycles. The molecule has 1 saturated carbocycles. The molecule has 140 valence electrons. The van der Waals surface area contributed by atoms with Crippen LogP contribution in [0, 0.1) is 17.3 Å². The van der Waals surface area contributed by atoms with Crippen molar-refractivity contribution in [2.75, 3.05) is 6.61 Å². The Balaban J connectivity index is 1.99. The third-order valence-electron chi connectivity index (χ3n) is 4.88. The highest BCUT2D eigenvalue weighted by atomic mass is 19.4. The molecule has 1 amide bonds. The number of carbonyl (C=O) groups excluding carboxylic acids is 1. The molecular weight excluding hydrogens is 333 g/mol. The fourth-order valence-corrected chi connectivity index (χ4v) is 2.99. The lowest BCUT2D eigenvalue weighted by atomic mass is 9.93. The number of alkyl halides is 3. The van der Waals surface area contributed by atoms with Crippen LogP contribution in [-0.4, -0.2) is 23.5 Å². The Morgan fingerprint density at radius 3 is 2.44 bits per heavy atom. The molecule has 0 bridgehead atoms. The summed E-state index contributed by atoms with van der Waals surface area (Å²) in [5.74, 6) is 0.377. The number of carbonyl (C=O) groups is 1. The van der Waals surface area contributed by atoms with Gasteiger partial charge in [-0.1, -0.05) is 13.8 Å². The number of nitrogens with zero attached hydrogens (tertiary/aromatic N) is 1. The summed E-state index contributed by atoms with van der Waals surface area (Å²) < 4.78 is 44.2. The van der Waals surface area contributed by atoms with E-state index in [0.29, 0.717) is 11.8 Å². The molecule has 1 aliphatic rings. The van der Waals surface area contributed by atoms with E-state index in [0.717, 1.165) is 18.9 Å². The predicted molar refractivity (Wildman–Crippen MR) is 88.0 cm³/mol. The van der Waals surface area contributed by atoms with Crippen molar-refractivity contribution >= 4 is 5.91 Å². The van der Waals surface area contributed by atoms with Crippen LogP contribution < -0.4 is 10.1 Å². The molecule has 0 aliphatic heterocycles. The highest BCUT2D eigenvalue weighted by molar-refractivity contribution is 5.82. The molecule has 7 heteroatoms. The Labute approximate surface area is 146 Å². The molecule has 2 rings (SSSR count). The summed E-state index contributed by atoms with van der Waals surface area (Å²) in [7, 11) is 0. The summed E-state index contributed by atoms with van der Waals surface area (Å²) >= 11 is 0. The lowest BCUT2D eigenvalue weighted by Crippen LogP contribution is -2.45. The first-order valence-corrected chi connectivity index (χ1v) is 8.46. The van der Waals surface area contributed by atoms with Gasteiger partial charge < -0.3 is 10.1 Å². The van der Waals surface area contributed by atoms with Crippen molar-refractivity contribution in [1.82, 2.24) is 10.3 Å². The molecule has 0 aromatic carbocycles. The molecule has 1 N–H and O–H groups in total. The first-order valence-electron chi connectivity index (χ1n) is 8.46. The average molecular weight is 358 g/mol. The number of hydrogen-bond donors (Lipinski definition) is 1. The minimum Gasteiger partial charge on any atom is -0.476 e. The lowest BCUT2D eigenvalue weighted by molar-refractivity contribution is -0.139. The van der Waals surface area contributed by atoms with E-state index in [1.54, 1.807) is 13.8 Å². The Bertz CT molecular complexity index is 607. The van der Waals surface area contributed by atoms with Crippen molar-refractivity contribution in [1.29, 1.82) is 0 Å². The first-order chi connectivity index (χ1) is 11.5. The van der Waals surface area contributed by atoms with Crippen LogP contribution in [0.2, 0.25) is 0 Å². The van der Waals surface area contributed by atoms with Gasteiger partial charge in [0, 0.05) is 12.2 Å². The third-order valence-corrected chi connectivity index (χ3v) is 4.88. The van der Waals surface area contributed by atoms with Crippen LogP contribution >= 0.6 is 0 Å². The Kier molecular flexibility index (Phi) is 5.64. The predicted octanol–water partition coefficient (Wildman–Crippen LogP) is 4.06. The van der Waals surface area contributed by atoms with Crippen LogP contribution in [0.15, 0.2) is 18.3 Å². The van der Waals surface area contributed by atoms with Crippen LogP contribution in [0.1, 0.15) is 46.1 Å². The second-order valence-electron chi connectivity index (χ2n) is 7.62. The van der Waals surface area contributed by atoms with E-state index >= 15 is 0 Å². The molecule has 25 heavy (non-hydrogen) atoms. The third kappa shape index (κ3) is 4.86. The summed E-state index contributed by atoms with van der Waals surface area (Å²) in [4.78, 5) is 16.2. The van der Waals surface area contributed by atoms with Gasteiger partial charge in [0.1, 0.15) is 12.2 Å². The van der Waals surface area contributed by atoms with Crippen LogP contribution in [-0.2, 0) is 11.0 Å². The van der Waals surface area contributed by atoms with E-state index in [2.05, 4.69) is 24.1 Å². The van der Waals surface area contributed by atoms with Gasteiger partial charge in [-0.2, -0.15) is 13.2 Å². The molecule has 1 fully saturated rings.